The van der Waals surface area contributed by atoms with Gasteiger partial charge >= 0.3 is 0 Å². The number of carbonyl (C=O) groups excluding carboxylic acids is 2. The van der Waals surface area contributed by atoms with Crippen molar-refractivity contribution in [2.75, 3.05) is 53.6 Å². The molecular weight excluding hydrogens is 484 g/mol. The van der Waals surface area contributed by atoms with Crippen molar-refractivity contribution >= 4 is 11.8 Å². The maximum absolute atomic E-state index is 14.2. The quantitative estimate of drug-likeness (QED) is 0.559. The Balaban J connectivity index is 1.60. The van der Waals surface area contributed by atoms with Gasteiger partial charge in [0.1, 0.15) is 23.9 Å². The summed E-state index contributed by atoms with van der Waals surface area (Å²) in [7, 11) is 3.12. The highest BCUT2D eigenvalue weighted by Crippen LogP contribution is 2.31. The molecule has 2 aromatic carbocycles. The van der Waals surface area contributed by atoms with Gasteiger partial charge in [0.15, 0.2) is 5.60 Å². The number of carbonyl (C=O) groups is 2. The van der Waals surface area contributed by atoms with Gasteiger partial charge in [0.2, 0.25) is 0 Å². The number of amides is 2. The number of rotatable bonds is 6. The lowest BCUT2D eigenvalue weighted by Gasteiger charge is -2.44. The summed E-state index contributed by atoms with van der Waals surface area (Å²) in [4.78, 5) is 31.4. The minimum absolute atomic E-state index is 0.0517. The third kappa shape index (κ3) is 6.41. The van der Waals surface area contributed by atoms with Crippen LogP contribution in [0.1, 0.15) is 54.9 Å². The fourth-order valence-corrected chi connectivity index (χ4v) is 5.25. The molecule has 8 nitrogen and oxygen atoms in total. The van der Waals surface area contributed by atoms with Crippen molar-refractivity contribution in [3.63, 3.8) is 0 Å². The van der Waals surface area contributed by atoms with Crippen molar-refractivity contribution in [2.24, 2.45) is 0 Å². The SMILES string of the molecule is CCCCN1CCOc2ccccc2CCCCC2(CN(C(=O)c3cc(OC)cc(OC)c3)CCO2)C1=O. The fraction of sp³-hybridized carbons (Fsp3) is 0.533. The summed E-state index contributed by atoms with van der Waals surface area (Å²) in [6, 6.07) is 13.3. The van der Waals surface area contributed by atoms with Gasteiger partial charge in [-0.3, -0.25) is 9.59 Å². The van der Waals surface area contributed by atoms with Crippen molar-refractivity contribution in [1.82, 2.24) is 9.80 Å². The normalized spacial score (nSPS) is 20.7. The Bertz CT molecular complexity index is 1080. The Morgan fingerprint density at radius 1 is 1.03 bits per heavy atom. The minimum Gasteiger partial charge on any atom is -0.497 e. The number of methoxy groups -OCH3 is 2. The number of nitrogens with zero attached hydrogens (tertiary/aromatic N) is 2. The zero-order valence-corrected chi connectivity index (χ0v) is 22.9. The Morgan fingerprint density at radius 2 is 1.79 bits per heavy atom. The van der Waals surface area contributed by atoms with Crippen LogP contribution in [-0.4, -0.2) is 80.8 Å². The van der Waals surface area contributed by atoms with Crippen LogP contribution in [0.25, 0.3) is 0 Å². The van der Waals surface area contributed by atoms with Crippen LogP contribution in [0.2, 0.25) is 0 Å². The van der Waals surface area contributed by atoms with E-state index in [-0.39, 0.29) is 18.4 Å². The first-order valence-electron chi connectivity index (χ1n) is 13.7. The number of morpholine rings is 1. The molecule has 2 heterocycles. The zero-order valence-electron chi connectivity index (χ0n) is 22.9. The summed E-state index contributed by atoms with van der Waals surface area (Å²) < 4.78 is 23.2. The van der Waals surface area contributed by atoms with Crippen molar-refractivity contribution in [3.05, 3.63) is 53.6 Å². The molecule has 38 heavy (non-hydrogen) atoms. The molecule has 0 N–H and O–H groups in total. The first-order valence-corrected chi connectivity index (χ1v) is 13.7. The Kier molecular flexibility index (Phi) is 9.50. The van der Waals surface area contributed by atoms with Crippen LogP contribution in [0.15, 0.2) is 42.5 Å². The molecule has 0 radical (unpaired) electrons. The lowest BCUT2D eigenvalue weighted by Crippen LogP contribution is -2.62. The number of para-hydroxylation sites is 1. The topological polar surface area (TPSA) is 77.5 Å². The van der Waals surface area contributed by atoms with Gasteiger partial charge in [0.25, 0.3) is 11.8 Å². The molecule has 1 saturated heterocycles. The molecule has 0 aromatic heterocycles. The summed E-state index contributed by atoms with van der Waals surface area (Å²) in [5, 5.41) is 0. The molecule has 1 fully saturated rings. The van der Waals surface area contributed by atoms with Crippen molar-refractivity contribution < 1.29 is 28.5 Å². The predicted molar refractivity (Wildman–Crippen MR) is 145 cm³/mol. The van der Waals surface area contributed by atoms with Crippen molar-refractivity contribution in [2.45, 2.75) is 51.0 Å². The van der Waals surface area contributed by atoms with Gasteiger partial charge in [-0.2, -0.15) is 0 Å². The third-order valence-corrected chi connectivity index (χ3v) is 7.40. The van der Waals surface area contributed by atoms with E-state index in [2.05, 4.69) is 13.0 Å². The first-order chi connectivity index (χ1) is 18.5. The molecule has 2 aliphatic rings. The third-order valence-electron chi connectivity index (χ3n) is 7.40. The second kappa shape index (κ2) is 13.0. The Morgan fingerprint density at radius 3 is 2.53 bits per heavy atom. The van der Waals surface area contributed by atoms with Crippen molar-refractivity contribution in [3.8, 4) is 17.2 Å². The van der Waals surface area contributed by atoms with E-state index in [4.69, 9.17) is 18.9 Å². The molecule has 2 amide bonds. The van der Waals surface area contributed by atoms with E-state index < -0.39 is 5.60 Å². The molecule has 1 atom stereocenters. The van der Waals surface area contributed by atoms with Gasteiger partial charge < -0.3 is 28.7 Å². The van der Waals surface area contributed by atoms with Gasteiger partial charge in [-0.05, 0) is 55.9 Å². The highest BCUT2D eigenvalue weighted by atomic mass is 16.5. The maximum atomic E-state index is 14.2. The van der Waals surface area contributed by atoms with E-state index in [1.165, 1.54) is 5.56 Å². The predicted octanol–water partition coefficient (Wildman–Crippen LogP) is 4.35. The summed E-state index contributed by atoms with van der Waals surface area (Å²) in [5.41, 5.74) is 0.567. The summed E-state index contributed by atoms with van der Waals surface area (Å²) >= 11 is 0. The second-order valence-electron chi connectivity index (χ2n) is 9.98. The minimum atomic E-state index is -1.08. The largest absolute Gasteiger partial charge is 0.497 e. The number of unbranched alkanes of at least 4 members (excludes halogenated alkanes) is 1. The highest BCUT2D eigenvalue weighted by Gasteiger charge is 2.46. The lowest BCUT2D eigenvalue weighted by molar-refractivity contribution is -0.170. The molecule has 2 aliphatic heterocycles. The standard InChI is InChI=1S/C30H40N2O6/c1-4-5-14-31-15-17-37-27-12-7-6-10-23(27)11-8-9-13-30(29(31)34)22-32(16-18-38-30)28(33)24-19-25(35-2)21-26(20-24)36-3/h6-7,10,12,19-21H,4-5,8-9,11,13-18,22H2,1-3H3. The number of hydrogen-bond acceptors (Lipinski definition) is 6. The van der Waals surface area contributed by atoms with Gasteiger partial charge in [0.05, 0.1) is 33.9 Å². The monoisotopic (exact) mass is 524 g/mol. The van der Waals surface area contributed by atoms with Crippen LogP contribution in [0.5, 0.6) is 17.2 Å². The maximum Gasteiger partial charge on any atom is 0.256 e. The first kappa shape index (κ1) is 27.8. The zero-order chi connectivity index (χ0) is 27.0. The number of aryl methyl sites for hydroxylation is 1. The summed E-state index contributed by atoms with van der Waals surface area (Å²) in [6.45, 7) is 4.56. The molecule has 2 aromatic rings. The summed E-state index contributed by atoms with van der Waals surface area (Å²) in [6.07, 6.45) is 4.99. The molecular formula is C30H40N2O6. The van der Waals surface area contributed by atoms with Crippen LogP contribution in [0.4, 0.5) is 0 Å². The van der Waals surface area contributed by atoms with E-state index in [0.717, 1.165) is 37.9 Å². The van der Waals surface area contributed by atoms with Gasteiger partial charge in [-0.25, -0.2) is 0 Å². The molecule has 4 rings (SSSR count). The van der Waals surface area contributed by atoms with E-state index in [9.17, 15) is 9.59 Å². The van der Waals surface area contributed by atoms with E-state index >= 15 is 0 Å². The van der Waals surface area contributed by atoms with E-state index in [1.807, 2.05) is 23.1 Å². The molecule has 1 unspecified atom stereocenters. The smallest absolute Gasteiger partial charge is 0.256 e. The van der Waals surface area contributed by atoms with Crippen molar-refractivity contribution in [1.29, 1.82) is 0 Å². The number of ether oxygens (including phenoxy) is 4. The second-order valence-corrected chi connectivity index (χ2v) is 9.98. The van der Waals surface area contributed by atoms with Crippen LogP contribution < -0.4 is 14.2 Å². The average molecular weight is 525 g/mol. The van der Waals surface area contributed by atoms with Crippen LogP contribution in [0, 0.1) is 0 Å². The average Bonchev–Trinajstić information content (AvgIpc) is 2.96. The van der Waals surface area contributed by atoms with Crippen LogP contribution >= 0.6 is 0 Å². The molecule has 0 bridgehead atoms. The lowest BCUT2D eigenvalue weighted by atomic mass is 9.90. The van der Waals surface area contributed by atoms with Crippen LogP contribution in [0.3, 0.4) is 0 Å². The Labute approximate surface area is 225 Å². The van der Waals surface area contributed by atoms with Gasteiger partial charge in [-0.1, -0.05) is 31.5 Å². The van der Waals surface area contributed by atoms with E-state index in [1.54, 1.807) is 37.3 Å². The van der Waals surface area contributed by atoms with E-state index in [0.29, 0.717) is 56.3 Å². The Hall–Kier alpha value is -3.26. The molecule has 0 aliphatic carbocycles. The summed E-state index contributed by atoms with van der Waals surface area (Å²) in [5.74, 6) is 1.77. The highest BCUT2D eigenvalue weighted by molar-refractivity contribution is 5.96. The fourth-order valence-electron chi connectivity index (χ4n) is 5.25. The number of fused-ring (bicyclic) bond motifs is 1. The molecule has 1 spiro atoms. The number of hydrogen-bond donors (Lipinski definition) is 0. The molecule has 206 valence electrons. The van der Waals surface area contributed by atoms with Crippen LogP contribution in [-0.2, 0) is 16.0 Å². The number of benzene rings is 2. The molecule has 0 saturated carbocycles. The molecule has 8 heteroatoms. The van der Waals surface area contributed by atoms with Gasteiger partial charge in [0, 0.05) is 24.7 Å². The van der Waals surface area contributed by atoms with Gasteiger partial charge in [-0.15, -0.1) is 0 Å².